The summed E-state index contributed by atoms with van der Waals surface area (Å²) in [6, 6.07) is 12.6. The lowest BCUT2D eigenvalue weighted by Gasteiger charge is -2.24. The topological polar surface area (TPSA) is 89.2 Å². The smallest absolute Gasteiger partial charge is 0.300 e. The van der Waals surface area contributed by atoms with E-state index in [-0.39, 0.29) is 21.9 Å². The zero-order chi connectivity index (χ0) is 24.6. The number of ketones is 1. The van der Waals surface area contributed by atoms with E-state index < -0.39 is 23.5 Å². The van der Waals surface area contributed by atoms with Crippen molar-refractivity contribution in [2.45, 2.75) is 26.8 Å². The molecule has 1 fully saturated rings. The number of aryl methyl sites for hydroxylation is 2. The van der Waals surface area contributed by atoms with Gasteiger partial charge in [-0.25, -0.2) is 0 Å². The molecule has 0 spiro atoms. The molecule has 1 aromatic heterocycles. The van der Waals surface area contributed by atoms with E-state index in [0.29, 0.717) is 29.6 Å². The van der Waals surface area contributed by atoms with Gasteiger partial charge in [0.1, 0.15) is 34.8 Å². The Morgan fingerprint density at radius 2 is 1.82 bits per heavy atom. The Morgan fingerprint density at radius 1 is 1.12 bits per heavy atom. The predicted octanol–water partition coefficient (Wildman–Crippen LogP) is 5.58. The van der Waals surface area contributed by atoms with Gasteiger partial charge >= 0.3 is 0 Å². The standard InChI is InChI=1S/C26H24ClNO6/c1-5-33-17-9-7-16(8-10-17)28-22(20-11-6-15(3)34-20)21(24(30)26(28)31)23(29)18-12-14(2)13-19(27)25(18)32-4/h6-13,22,29H,5H2,1-4H3/b23-21+. The second-order valence-corrected chi connectivity index (χ2v) is 8.28. The Morgan fingerprint density at radius 3 is 2.41 bits per heavy atom. The summed E-state index contributed by atoms with van der Waals surface area (Å²) >= 11 is 6.32. The van der Waals surface area contributed by atoms with Gasteiger partial charge in [-0.1, -0.05) is 11.6 Å². The number of benzene rings is 2. The Bertz CT molecular complexity index is 1290. The fourth-order valence-corrected chi connectivity index (χ4v) is 4.45. The second kappa shape index (κ2) is 9.27. The fourth-order valence-electron chi connectivity index (χ4n) is 4.10. The summed E-state index contributed by atoms with van der Waals surface area (Å²) in [6.45, 7) is 5.93. The van der Waals surface area contributed by atoms with E-state index in [1.807, 2.05) is 6.92 Å². The van der Waals surface area contributed by atoms with E-state index in [2.05, 4.69) is 0 Å². The molecule has 0 bridgehead atoms. The monoisotopic (exact) mass is 481 g/mol. The first-order valence-electron chi connectivity index (χ1n) is 10.7. The minimum absolute atomic E-state index is 0.117. The third kappa shape index (κ3) is 4.03. The van der Waals surface area contributed by atoms with Crippen molar-refractivity contribution in [2.75, 3.05) is 18.6 Å². The first kappa shape index (κ1) is 23.4. The van der Waals surface area contributed by atoms with Crippen LogP contribution in [0, 0.1) is 13.8 Å². The molecule has 1 saturated heterocycles. The summed E-state index contributed by atoms with van der Waals surface area (Å²) in [5, 5.41) is 11.6. The van der Waals surface area contributed by atoms with Crippen molar-refractivity contribution >= 4 is 34.7 Å². The summed E-state index contributed by atoms with van der Waals surface area (Å²) < 4.78 is 16.7. The van der Waals surface area contributed by atoms with E-state index >= 15 is 0 Å². The van der Waals surface area contributed by atoms with Gasteiger partial charge in [0.25, 0.3) is 11.7 Å². The lowest BCUT2D eigenvalue weighted by Crippen LogP contribution is -2.29. The predicted molar refractivity (Wildman–Crippen MR) is 129 cm³/mol. The third-order valence-electron chi connectivity index (χ3n) is 5.55. The van der Waals surface area contributed by atoms with Gasteiger partial charge in [0.05, 0.1) is 29.9 Å². The molecule has 1 amide bonds. The summed E-state index contributed by atoms with van der Waals surface area (Å²) in [6.07, 6.45) is 0. The molecule has 2 heterocycles. The molecule has 0 aliphatic carbocycles. The lowest BCUT2D eigenvalue weighted by atomic mass is 9.97. The number of ether oxygens (including phenoxy) is 2. The number of carbonyl (C=O) groups is 2. The van der Waals surface area contributed by atoms with Gasteiger partial charge in [-0.2, -0.15) is 0 Å². The van der Waals surface area contributed by atoms with Crippen molar-refractivity contribution < 1.29 is 28.6 Å². The van der Waals surface area contributed by atoms with Gasteiger partial charge in [0.15, 0.2) is 0 Å². The molecule has 4 rings (SSSR count). The number of carbonyl (C=O) groups excluding carboxylic acids is 2. The molecular weight excluding hydrogens is 458 g/mol. The van der Waals surface area contributed by atoms with Crippen molar-refractivity contribution in [1.82, 2.24) is 0 Å². The second-order valence-electron chi connectivity index (χ2n) is 7.87. The van der Waals surface area contributed by atoms with Crippen LogP contribution in [0.25, 0.3) is 5.76 Å². The quantitative estimate of drug-likeness (QED) is 0.281. The minimum atomic E-state index is -0.990. The van der Waals surface area contributed by atoms with Crippen LogP contribution >= 0.6 is 11.6 Å². The molecule has 0 saturated carbocycles. The van der Waals surface area contributed by atoms with Gasteiger partial charge < -0.3 is 19.0 Å². The molecule has 2 aromatic carbocycles. The van der Waals surface area contributed by atoms with Crippen LogP contribution in [0.2, 0.25) is 5.02 Å². The minimum Gasteiger partial charge on any atom is -0.507 e. The van der Waals surface area contributed by atoms with Crippen LogP contribution in [0.4, 0.5) is 5.69 Å². The fraction of sp³-hybridized carbons (Fsp3) is 0.231. The largest absolute Gasteiger partial charge is 0.507 e. The number of aliphatic hydroxyl groups is 1. The number of Topliss-reactive ketones (excluding diaryl/α,β-unsaturated/α-hetero) is 1. The third-order valence-corrected chi connectivity index (χ3v) is 5.83. The van der Waals surface area contributed by atoms with Crippen LogP contribution in [0.5, 0.6) is 11.5 Å². The normalized spacial score (nSPS) is 17.3. The van der Waals surface area contributed by atoms with Gasteiger partial charge in [-0.05, 0) is 74.9 Å². The molecule has 1 unspecified atom stereocenters. The highest BCUT2D eigenvalue weighted by atomic mass is 35.5. The van der Waals surface area contributed by atoms with Crippen LogP contribution < -0.4 is 14.4 Å². The van der Waals surface area contributed by atoms with Gasteiger partial charge in [0.2, 0.25) is 0 Å². The first-order chi connectivity index (χ1) is 16.3. The van der Waals surface area contributed by atoms with Crippen LogP contribution in [-0.2, 0) is 9.59 Å². The molecule has 176 valence electrons. The Labute approximate surface area is 202 Å². The molecule has 1 aliphatic rings. The summed E-state index contributed by atoms with van der Waals surface area (Å²) in [5.41, 5.74) is 1.30. The van der Waals surface area contributed by atoms with Crippen molar-refractivity contribution in [1.29, 1.82) is 0 Å². The molecule has 1 aliphatic heterocycles. The zero-order valence-corrected chi connectivity index (χ0v) is 20.0. The Balaban J connectivity index is 1.94. The number of halogens is 1. The number of nitrogens with zero attached hydrogens (tertiary/aromatic N) is 1. The van der Waals surface area contributed by atoms with Crippen molar-refractivity contribution in [3.63, 3.8) is 0 Å². The zero-order valence-electron chi connectivity index (χ0n) is 19.2. The van der Waals surface area contributed by atoms with E-state index in [0.717, 1.165) is 5.56 Å². The number of anilines is 1. The van der Waals surface area contributed by atoms with Crippen molar-refractivity contribution in [3.05, 3.63) is 81.8 Å². The maximum atomic E-state index is 13.3. The maximum absolute atomic E-state index is 13.3. The summed E-state index contributed by atoms with van der Waals surface area (Å²) in [7, 11) is 1.42. The first-order valence-corrected chi connectivity index (χ1v) is 11.1. The van der Waals surface area contributed by atoms with E-state index in [1.54, 1.807) is 62.4 Å². The average Bonchev–Trinajstić information content (AvgIpc) is 3.34. The number of aliphatic hydroxyl groups excluding tert-OH is 1. The maximum Gasteiger partial charge on any atom is 0.300 e. The van der Waals surface area contributed by atoms with Gasteiger partial charge in [0, 0.05) is 5.69 Å². The van der Waals surface area contributed by atoms with Crippen LogP contribution in [0.3, 0.4) is 0 Å². The number of hydrogen-bond acceptors (Lipinski definition) is 6. The van der Waals surface area contributed by atoms with Gasteiger partial charge in [-0.3, -0.25) is 14.5 Å². The van der Waals surface area contributed by atoms with Crippen LogP contribution in [-0.4, -0.2) is 30.5 Å². The molecule has 1 atom stereocenters. The molecule has 0 radical (unpaired) electrons. The molecule has 1 N–H and O–H groups in total. The number of hydrogen-bond donors (Lipinski definition) is 1. The number of amides is 1. The number of furan rings is 1. The highest BCUT2D eigenvalue weighted by Crippen LogP contribution is 2.45. The molecule has 34 heavy (non-hydrogen) atoms. The average molecular weight is 482 g/mol. The van der Waals surface area contributed by atoms with Crippen molar-refractivity contribution in [2.24, 2.45) is 0 Å². The number of rotatable bonds is 6. The Hall–Kier alpha value is -3.71. The summed E-state index contributed by atoms with van der Waals surface area (Å²) in [4.78, 5) is 27.8. The molecule has 3 aromatic rings. The highest BCUT2D eigenvalue weighted by molar-refractivity contribution is 6.51. The molecule has 8 heteroatoms. The Kier molecular flexibility index (Phi) is 6.39. The summed E-state index contributed by atoms with van der Waals surface area (Å²) in [5.74, 6) is -0.257. The van der Waals surface area contributed by atoms with E-state index in [1.165, 1.54) is 12.0 Å². The highest BCUT2D eigenvalue weighted by Gasteiger charge is 2.48. The molecular formula is C26H24ClNO6. The molecule has 7 nitrogen and oxygen atoms in total. The number of methoxy groups -OCH3 is 1. The van der Waals surface area contributed by atoms with E-state index in [9.17, 15) is 14.7 Å². The SMILES string of the molecule is CCOc1ccc(N2C(=O)C(=O)/C(=C(/O)c3cc(C)cc(Cl)c3OC)C2c2ccc(C)o2)cc1. The van der Waals surface area contributed by atoms with Crippen LogP contribution in [0.1, 0.15) is 35.6 Å². The lowest BCUT2D eigenvalue weighted by molar-refractivity contribution is -0.132. The van der Waals surface area contributed by atoms with Gasteiger partial charge in [-0.15, -0.1) is 0 Å². The van der Waals surface area contributed by atoms with E-state index in [4.69, 9.17) is 25.5 Å². The van der Waals surface area contributed by atoms with Crippen LogP contribution in [0.15, 0.2) is 58.5 Å². The van der Waals surface area contributed by atoms with Crippen molar-refractivity contribution in [3.8, 4) is 11.5 Å².